The minimum atomic E-state index is -3.79. The van der Waals surface area contributed by atoms with Crippen molar-refractivity contribution >= 4 is 43.7 Å². The number of carbonyl (C=O) groups excluding carboxylic acids is 1. The highest BCUT2D eigenvalue weighted by atomic mass is 32.2. The summed E-state index contributed by atoms with van der Waals surface area (Å²) in [6.07, 6.45) is 0.0916. The Morgan fingerprint density at radius 2 is 1.83 bits per heavy atom. The van der Waals surface area contributed by atoms with E-state index in [0.717, 1.165) is 21.8 Å². The van der Waals surface area contributed by atoms with E-state index in [2.05, 4.69) is 14.9 Å². The monoisotopic (exact) mass is 464 g/mol. The van der Waals surface area contributed by atoms with Gasteiger partial charge in [0.15, 0.2) is 0 Å². The maximum absolute atomic E-state index is 12.7. The number of benzene rings is 1. The summed E-state index contributed by atoms with van der Waals surface area (Å²) in [4.78, 5) is 16.4. The normalized spacial score (nSPS) is 14.6. The molecule has 0 bridgehead atoms. The second-order valence-electron chi connectivity index (χ2n) is 6.71. The topological polar surface area (TPSA) is 101 Å². The van der Waals surface area contributed by atoms with Crippen molar-refractivity contribution in [3.63, 3.8) is 0 Å². The van der Waals surface area contributed by atoms with Crippen molar-refractivity contribution < 1.29 is 17.9 Å². The number of thiophene rings is 1. The SMILES string of the molecule is Cc1ccc(-c2ccc(S(=O)(=O)Nc3nnc(CC(=O)N4CCOCC4)s3)cc2)s1. The Morgan fingerprint density at radius 1 is 1.10 bits per heavy atom. The molecule has 1 amide bonds. The number of morpholine rings is 1. The molecule has 1 aliphatic heterocycles. The molecule has 11 heteroatoms. The van der Waals surface area contributed by atoms with Crippen LogP contribution in [0.15, 0.2) is 41.3 Å². The zero-order chi connectivity index (χ0) is 21.1. The van der Waals surface area contributed by atoms with Crippen LogP contribution in [0.2, 0.25) is 0 Å². The molecule has 0 atom stereocenters. The van der Waals surface area contributed by atoms with Crippen LogP contribution in [0, 0.1) is 6.92 Å². The molecule has 3 aromatic rings. The van der Waals surface area contributed by atoms with Crippen LogP contribution in [0.5, 0.6) is 0 Å². The molecule has 0 spiro atoms. The summed E-state index contributed by atoms with van der Waals surface area (Å²) in [5.74, 6) is -0.0664. The van der Waals surface area contributed by atoms with Crippen LogP contribution in [0.3, 0.4) is 0 Å². The lowest BCUT2D eigenvalue weighted by Crippen LogP contribution is -2.41. The lowest BCUT2D eigenvalue weighted by molar-refractivity contribution is -0.134. The van der Waals surface area contributed by atoms with Crippen molar-refractivity contribution in [1.29, 1.82) is 0 Å². The van der Waals surface area contributed by atoms with Gasteiger partial charge in [0.1, 0.15) is 5.01 Å². The van der Waals surface area contributed by atoms with E-state index in [0.29, 0.717) is 31.3 Å². The molecule has 0 unspecified atom stereocenters. The lowest BCUT2D eigenvalue weighted by Gasteiger charge is -2.26. The molecule has 30 heavy (non-hydrogen) atoms. The van der Waals surface area contributed by atoms with Crippen molar-refractivity contribution in [3.05, 3.63) is 46.3 Å². The number of aromatic nitrogens is 2. The smallest absolute Gasteiger partial charge is 0.263 e. The summed E-state index contributed by atoms with van der Waals surface area (Å²) in [5.41, 5.74) is 0.965. The Kier molecular flexibility index (Phi) is 6.14. The van der Waals surface area contributed by atoms with Gasteiger partial charge in [-0.2, -0.15) is 0 Å². The summed E-state index contributed by atoms with van der Waals surface area (Å²) in [5, 5.41) is 8.43. The standard InChI is InChI=1S/C19H20N4O4S3/c1-13-2-7-16(28-13)14-3-5-15(6-4-14)30(25,26)22-19-21-20-17(29-19)12-18(24)23-8-10-27-11-9-23/h2-7H,8-12H2,1H3,(H,21,22). The largest absolute Gasteiger partial charge is 0.378 e. The molecule has 1 fully saturated rings. The van der Waals surface area contributed by atoms with Crippen LogP contribution in [-0.4, -0.2) is 55.7 Å². The molecule has 1 N–H and O–H groups in total. The quantitative estimate of drug-likeness (QED) is 0.602. The van der Waals surface area contributed by atoms with Gasteiger partial charge in [-0.3, -0.25) is 9.52 Å². The number of amides is 1. The summed E-state index contributed by atoms with van der Waals surface area (Å²) >= 11 is 2.71. The van der Waals surface area contributed by atoms with E-state index in [1.807, 2.05) is 19.1 Å². The average Bonchev–Trinajstić information content (AvgIpc) is 3.37. The number of rotatable bonds is 6. The molecule has 8 nitrogen and oxygen atoms in total. The molecule has 2 aromatic heterocycles. The molecule has 0 radical (unpaired) electrons. The number of hydrogen-bond donors (Lipinski definition) is 1. The second kappa shape index (κ2) is 8.80. The Hall–Kier alpha value is -2.34. The van der Waals surface area contributed by atoms with E-state index in [9.17, 15) is 13.2 Å². The van der Waals surface area contributed by atoms with E-state index in [4.69, 9.17) is 4.74 Å². The minimum absolute atomic E-state index is 0.0664. The molecule has 158 valence electrons. The third kappa shape index (κ3) is 4.86. The van der Waals surface area contributed by atoms with E-state index < -0.39 is 10.0 Å². The second-order valence-corrected chi connectivity index (χ2v) is 10.7. The highest BCUT2D eigenvalue weighted by molar-refractivity contribution is 7.93. The van der Waals surface area contributed by atoms with Gasteiger partial charge in [0, 0.05) is 22.8 Å². The van der Waals surface area contributed by atoms with Crippen LogP contribution in [0.25, 0.3) is 10.4 Å². The van der Waals surface area contributed by atoms with Gasteiger partial charge in [-0.05, 0) is 36.8 Å². The summed E-state index contributed by atoms with van der Waals surface area (Å²) < 4.78 is 33.0. The van der Waals surface area contributed by atoms with Crippen LogP contribution in [0.1, 0.15) is 9.88 Å². The first-order valence-electron chi connectivity index (χ1n) is 9.28. The fourth-order valence-corrected chi connectivity index (χ4v) is 5.82. The van der Waals surface area contributed by atoms with Gasteiger partial charge in [0.05, 0.1) is 24.5 Å². The van der Waals surface area contributed by atoms with Gasteiger partial charge < -0.3 is 9.64 Å². The Labute approximate surface area is 182 Å². The molecule has 3 heterocycles. The molecule has 1 saturated heterocycles. The fraction of sp³-hybridized carbons (Fsp3) is 0.316. The summed E-state index contributed by atoms with van der Waals surface area (Å²) in [7, 11) is -3.79. The van der Waals surface area contributed by atoms with Crippen LogP contribution < -0.4 is 4.72 Å². The zero-order valence-corrected chi connectivity index (χ0v) is 18.6. The first-order valence-corrected chi connectivity index (χ1v) is 12.4. The third-order valence-corrected chi connectivity index (χ3v) is 7.92. The van der Waals surface area contributed by atoms with E-state index in [-0.39, 0.29) is 22.4 Å². The number of nitrogens with one attached hydrogen (secondary N) is 1. The van der Waals surface area contributed by atoms with Crippen molar-refractivity contribution in [1.82, 2.24) is 15.1 Å². The number of hydrogen-bond acceptors (Lipinski definition) is 8. The molecule has 4 rings (SSSR count). The number of ether oxygens (including phenoxy) is 1. The number of carbonyl (C=O) groups is 1. The Bertz CT molecular complexity index is 1130. The summed E-state index contributed by atoms with van der Waals surface area (Å²) in [6.45, 7) is 4.19. The number of aryl methyl sites for hydroxylation is 1. The van der Waals surface area contributed by atoms with Crippen molar-refractivity contribution in [2.45, 2.75) is 18.2 Å². The van der Waals surface area contributed by atoms with Gasteiger partial charge in [-0.15, -0.1) is 21.5 Å². The molecule has 1 aromatic carbocycles. The predicted molar refractivity (Wildman–Crippen MR) is 116 cm³/mol. The van der Waals surface area contributed by atoms with E-state index in [1.54, 1.807) is 40.5 Å². The lowest BCUT2D eigenvalue weighted by atomic mass is 10.2. The Morgan fingerprint density at radius 3 is 2.50 bits per heavy atom. The number of anilines is 1. The van der Waals surface area contributed by atoms with Gasteiger partial charge in [-0.1, -0.05) is 23.5 Å². The zero-order valence-electron chi connectivity index (χ0n) is 16.2. The maximum Gasteiger partial charge on any atom is 0.263 e. The first kappa shape index (κ1) is 20.9. The van der Waals surface area contributed by atoms with Crippen LogP contribution >= 0.6 is 22.7 Å². The van der Waals surface area contributed by atoms with Crippen LogP contribution in [0.4, 0.5) is 5.13 Å². The molecule has 0 saturated carbocycles. The van der Waals surface area contributed by atoms with Crippen molar-refractivity contribution in [2.75, 3.05) is 31.0 Å². The van der Waals surface area contributed by atoms with E-state index >= 15 is 0 Å². The molecule has 0 aliphatic carbocycles. The minimum Gasteiger partial charge on any atom is -0.378 e. The molecular formula is C19H20N4O4S3. The van der Waals surface area contributed by atoms with Crippen molar-refractivity contribution in [3.8, 4) is 10.4 Å². The highest BCUT2D eigenvalue weighted by Crippen LogP contribution is 2.29. The van der Waals surface area contributed by atoms with E-state index in [1.165, 1.54) is 4.88 Å². The number of nitrogens with zero attached hydrogens (tertiary/aromatic N) is 3. The van der Waals surface area contributed by atoms with Gasteiger partial charge in [-0.25, -0.2) is 8.42 Å². The van der Waals surface area contributed by atoms with Gasteiger partial charge in [0.25, 0.3) is 10.0 Å². The number of sulfonamides is 1. The van der Waals surface area contributed by atoms with Crippen molar-refractivity contribution in [2.24, 2.45) is 0 Å². The third-order valence-electron chi connectivity index (χ3n) is 4.54. The molecule has 1 aliphatic rings. The maximum atomic E-state index is 12.7. The van der Waals surface area contributed by atoms with Crippen LogP contribution in [-0.2, 0) is 26.0 Å². The predicted octanol–water partition coefficient (Wildman–Crippen LogP) is 2.78. The summed E-state index contributed by atoms with van der Waals surface area (Å²) in [6, 6.07) is 10.7. The first-order chi connectivity index (χ1) is 14.4. The van der Waals surface area contributed by atoms with Gasteiger partial charge >= 0.3 is 0 Å². The molecular weight excluding hydrogens is 444 g/mol. The Balaban J connectivity index is 1.41. The highest BCUT2D eigenvalue weighted by Gasteiger charge is 2.21. The average molecular weight is 465 g/mol. The van der Waals surface area contributed by atoms with Gasteiger partial charge in [0.2, 0.25) is 11.0 Å². The fourth-order valence-electron chi connectivity index (χ4n) is 2.98.